The molecule has 9 heteroatoms. The van der Waals surface area contributed by atoms with E-state index in [-0.39, 0.29) is 30.0 Å². The van der Waals surface area contributed by atoms with Gasteiger partial charge in [0.25, 0.3) is 5.69 Å². The molecule has 1 fully saturated rings. The number of nitrogens with one attached hydrogen (secondary N) is 1. The number of halogens is 1. The van der Waals surface area contributed by atoms with Crippen LogP contribution >= 0.6 is 12.4 Å². The third-order valence-corrected chi connectivity index (χ3v) is 5.02. The lowest BCUT2D eigenvalue weighted by molar-refractivity contribution is -0.384. The van der Waals surface area contributed by atoms with Crippen molar-refractivity contribution >= 4 is 24.0 Å². The van der Waals surface area contributed by atoms with Crippen LogP contribution in [0.25, 0.3) is 11.3 Å². The van der Waals surface area contributed by atoms with Crippen molar-refractivity contribution in [3.8, 4) is 11.3 Å². The fourth-order valence-electron chi connectivity index (χ4n) is 3.54. The number of rotatable bonds is 8. The van der Waals surface area contributed by atoms with Gasteiger partial charge < -0.3 is 15.5 Å². The number of hydrogen-bond donors (Lipinski definition) is 2. The van der Waals surface area contributed by atoms with E-state index in [1.165, 1.54) is 12.1 Å². The Labute approximate surface area is 176 Å². The molecule has 2 heterocycles. The van der Waals surface area contributed by atoms with Crippen molar-refractivity contribution in [1.29, 1.82) is 0 Å². The number of likely N-dealkylation sites (tertiary alicyclic amines) is 1. The molecule has 1 aliphatic heterocycles. The molecule has 0 bridgehead atoms. The van der Waals surface area contributed by atoms with E-state index in [4.69, 9.17) is 10.2 Å². The largest absolute Gasteiger partial charge is 0.460 e. The highest BCUT2D eigenvalue weighted by atomic mass is 35.5. The standard InChI is InChI=1S/C20H26N4O4.ClH/c21-10-9-20(25)22-13-17-5-1-2-11-23(17)14-18-7-8-19(28-18)15-4-3-6-16(12-15)24(26)27;/h3-4,6-8,12,17H,1-2,5,9-11,13-14,21H2,(H,22,25);1H. The number of furan rings is 1. The summed E-state index contributed by atoms with van der Waals surface area (Å²) in [5.74, 6) is 1.41. The summed E-state index contributed by atoms with van der Waals surface area (Å²) < 4.78 is 5.95. The van der Waals surface area contributed by atoms with E-state index >= 15 is 0 Å². The SMILES string of the molecule is Cl.NCCC(=O)NCC1CCCCN1Cc1ccc(-c2cccc([N+](=O)[O-])c2)o1. The number of nitro groups is 1. The number of nitrogens with zero attached hydrogens (tertiary/aromatic N) is 2. The summed E-state index contributed by atoms with van der Waals surface area (Å²) >= 11 is 0. The van der Waals surface area contributed by atoms with Gasteiger partial charge in [0.15, 0.2) is 0 Å². The first-order chi connectivity index (χ1) is 13.6. The van der Waals surface area contributed by atoms with Gasteiger partial charge >= 0.3 is 0 Å². The van der Waals surface area contributed by atoms with Crippen molar-refractivity contribution in [3.05, 3.63) is 52.3 Å². The molecule has 3 rings (SSSR count). The number of amides is 1. The van der Waals surface area contributed by atoms with Crippen LogP contribution < -0.4 is 11.1 Å². The summed E-state index contributed by atoms with van der Waals surface area (Å²) in [5, 5.41) is 13.9. The molecule has 1 aromatic heterocycles. The second-order valence-electron chi connectivity index (χ2n) is 7.04. The molecule has 0 saturated carbocycles. The highest BCUT2D eigenvalue weighted by Gasteiger charge is 2.24. The first-order valence-electron chi connectivity index (χ1n) is 9.61. The Hall–Kier alpha value is -2.42. The third-order valence-electron chi connectivity index (χ3n) is 5.02. The van der Waals surface area contributed by atoms with Gasteiger partial charge in [0.1, 0.15) is 11.5 Å². The molecule has 1 aromatic carbocycles. The highest BCUT2D eigenvalue weighted by molar-refractivity contribution is 5.85. The second kappa shape index (κ2) is 10.9. The number of benzene rings is 1. The summed E-state index contributed by atoms with van der Waals surface area (Å²) in [6, 6.07) is 10.4. The molecule has 29 heavy (non-hydrogen) atoms. The zero-order valence-electron chi connectivity index (χ0n) is 16.2. The zero-order valence-corrected chi connectivity index (χ0v) is 17.0. The predicted molar refractivity (Wildman–Crippen MR) is 113 cm³/mol. The lowest BCUT2D eigenvalue weighted by Crippen LogP contribution is -2.46. The second-order valence-corrected chi connectivity index (χ2v) is 7.04. The lowest BCUT2D eigenvalue weighted by atomic mass is 10.0. The average Bonchev–Trinajstić information content (AvgIpc) is 3.16. The normalized spacial score (nSPS) is 16.8. The van der Waals surface area contributed by atoms with Crippen LogP contribution in [0, 0.1) is 10.1 Å². The van der Waals surface area contributed by atoms with Crippen LogP contribution in [0.2, 0.25) is 0 Å². The predicted octanol–water partition coefficient (Wildman–Crippen LogP) is 3.10. The molecule has 3 N–H and O–H groups in total. The Morgan fingerprint density at radius 1 is 1.31 bits per heavy atom. The van der Waals surface area contributed by atoms with Crippen LogP contribution in [0.15, 0.2) is 40.8 Å². The summed E-state index contributed by atoms with van der Waals surface area (Å²) in [6.45, 7) is 2.56. The Balaban J connectivity index is 0.00000300. The van der Waals surface area contributed by atoms with Crippen LogP contribution in [0.4, 0.5) is 5.69 Å². The number of piperidine rings is 1. The van der Waals surface area contributed by atoms with Gasteiger partial charge in [-0.15, -0.1) is 12.4 Å². The molecule has 0 radical (unpaired) electrons. The molecule has 1 unspecified atom stereocenters. The van der Waals surface area contributed by atoms with E-state index in [1.807, 2.05) is 12.1 Å². The minimum atomic E-state index is -0.412. The first kappa shape index (κ1) is 22.9. The summed E-state index contributed by atoms with van der Waals surface area (Å²) in [4.78, 5) is 24.6. The number of carbonyl (C=O) groups is 1. The van der Waals surface area contributed by atoms with E-state index in [0.29, 0.717) is 37.4 Å². The quantitative estimate of drug-likeness (QED) is 0.499. The van der Waals surface area contributed by atoms with E-state index in [0.717, 1.165) is 31.6 Å². The summed E-state index contributed by atoms with van der Waals surface area (Å²) in [6.07, 6.45) is 3.63. The number of carbonyl (C=O) groups excluding carboxylic acids is 1. The molecule has 8 nitrogen and oxygen atoms in total. The van der Waals surface area contributed by atoms with Gasteiger partial charge in [0.05, 0.1) is 11.5 Å². The number of non-ortho nitro benzene ring substituents is 1. The third kappa shape index (κ3) is 6.28. The van der Waals surface area contributed by atoms with Crippen molar-refractivity contribution in [2.24, 2.45) is 5.73 Å². The van der Waals surface area contributed by atoms with Gasteiger partial charge in [-0.1, -0.05) is 18.6 Å². The van der Waals surface area contributed by atoms with E-state index in [9.17, 15) is 14.9 Å². The number of nitro benzene ring substituents is 1. The minimum absolute atomic E-state index is 0. The molecule has 0 spiro atoms. The summed E-state index contributed by atoms with van der Waals surface area (Å²) in [7, 11) is 0. The van der Waals surface area contributed by atoms with Gasteiger partial charge in [-0.3, -0.25) is 19.8 Å². The van der Waals surface area contributed by atoms with Crippen LogP contribution in [0.1, 0.15) is 31.4 Å². The molecule has 1 saturated heterocycles. The Morgan fingerprint density at radius 2 is 2.14 bits per heavy atom. The van der Waals surface area contributed by atoms with Crippen LogP contribution in [0.5, 0.6) is 0 Å². The fourth-order valence-corrected chi connectivity index (χ4v) is 3.54. The van der Waals surface area contributed by atoms with E-state index < -0.39 is 4.92 Å². The van der Waals surface area contributed by atoms with Gasteiger partial charge in [-0.05, 0) is 31.5 Å². The topological polar surface area (TPSA) is 115 Å². The maximum absolute atomic E-state index is 11.7. The van der Waals surface area contributed by atoms with Crippen LogP contribution in [-0.2, 0) is 11.3 Å². The fraction of sp³-hybridized carbons (Fsp3) is 0.450. The van der Waals surface area contributed by atoms with Gasteiger partial charge in [-0.25, -0.2) is 0 Å². The van der Waals surface area contributed by atoms with Crippen molar-refractivity contribution in [2.45, 2.75) is 38.3 Å². The molecule has 1 amide bonds. The molecule has 2 aromatic rings. The molecule has 0 aliphatic carbocycles. The van der Waals surface area contributed by atoms with Gasteiger partial charge in [-0.2, -0.15) is 0 Å². The molecule has 158 valence electrons. The number of hydrogen-bond acceptors (Lipinski definition) is 6. The molecule has 1 atom stereocenters. The van der Waals surface area contributed by atoms with E-state index in [2.05, 4.69) is 10.2 Å². The van der Waals surface area contributed by atoms with Crippen molar-refractivity contribution in [3.63, 3.8) is 0 Å². The minimum Gasteiger partial charge on any atom is -0.460 e. The Kier molecular flexibility index (Phi) is 8.63. The van der Waals surface area contributed by atoms with Crippen LogP contribution in [0.3, 0.4) is 0 Å². The number of nitrogens with two attached hydrogens (primary N) is 1. The van der Waals surface area contributed by atoms with Gasteiger partial charge in [0.2, 0.25) is 5.91 Å². The van der Waals surface area contributed by atoms with Crippen molar-refractivity contribution in [2.75, 3.05) is 19.6 Å². The molecular weight excluding hydrogens is 396 g/mol. The Bertz CT molecular complexity index is 826. The first-order valence-corrected chi connectivity index (χ1v) is 9.61. The van der Waals surface area contributed by atoms with E-state index in [1.54, 1.807) is 12.1 Å². The van der Waals surface area contributed by atoms with Crippen LogP contribution in [-0.4, -0.2) is 41.4 Å². The molecule has 1 aliphatic rings. The zero-order chi connectivity index (χ0) is 19.9. The highest BCUT2D eigenvalue weighted by Crippen LogP contribution is 2.27. The smallest absolute Gasteiger partial charge is 0.270 e. The monoisotopic (exact) mass is 422 g/mol. The van der Waals surface area contributed by atoms with Crippen molar-refractivity contribution < 1.29 is 14.1 Å². The van der Waals surface area contributed by atoms with Gasteiger partial charge in [0, 0.05) is 43.2 Å². The van der Waals surface area contributed by atoms with Crippen molar-refractivity contribution in [1.82, 2.24) is 10.2 Å². The lowest BCUT2D eigenvalue weighted by Gasteiger charge is -2.35. The molecular formula is C20H27ClN4O4. The summed E-state index contributed by atoms with van der Waals surface area (Å²) in [5.41, 5.74) is 6.15. The average molecular weight is 423 g/mol. The Morgan fingerprint density at radius 3 is 2.90 bits per heavy atom. The maximum Gasteiger partial charge on any atom is 0.270 e. The maximum atomic E-state index is 11.7.